The van der Waals surface area contributed by atoms with Crippen LogP contribution in [0.1, 0.15) is 30.3 Å². The fraction of sp³-hybridized carbons (Fsp3) is 0.333. The Morgan fingerprint density at radius 2 is 1.93 bits per heavy atom. The Hall–Kier alpha value is -1.44. The van der Waals surface area contributed by atoms with Gasteiger partial charge in [-0.2, -0.15) is 0 Å². The molecule has 0 fully saturated rings. The van der Waals surface area contributed by atoms with Gasteiger partial charge in [0.25, 0.3) is 0 Å². The zero-order valence-electron chi connectivity index (χ0n) is 8.83. The van der Waals surface area contributed by atoms with Crippen LogP contribution in [-0.2, 0) is 0 Å². The zero-order chi connectivity index (χ0) is 10.1. The number of hydrogen-bond acceptors (Lipinski definition) is 2. The molecule has 0 radical (unpaired) electrons. The molecular formula is C12H14N2. The van der Waals surface area contributed by atoms with Crippen LogP contribution in [0.3, 0.4) is 0 Å². The summed E-state index contributed by atoms with van der Waals surface area (Å²) in [7, 11) is 0. The first-order valence-electron chi connectivity index (χ1n) is 4.84. The largest absolute Gasteiger partial charge is 0.265 e. The minimum absolute atomic E-state index is 0.964. The Morgan fingerprint density at radius 3 is 2.50 bits per heavy atom. The molecule has 1 aromatic heterocycles. The molecule has 0 amide bonds. The third-order valence-corrected chi connectivity index (χ3v) is 2.46. The predicted molar refractivity (Wildman–Crippen MR) is 59.4 cm³/mol. The molecule has 2 rings (SSSR count). The second-order valence-electron chi connectivity index (χ2n) is 3.78. The van der Waals surface area contributed by atoms with Crippen LogP contribution in [0, 0.1) is 13.8 Å². The van der Waals surface area contributed by atoms with Gasteiger partial charge in [0.05, 0.1) is 0 Å². The summed E-state index contributed by atoms with van der Waals surface area (Å²) in [6, 6.07) is 4.19. The minimum Gasteiger partial charge on any atom is -0.265 e. The molecule has 0 bridgehead atoms. The number of allylic oxidation sites excluding steroid dienone is 1. The van der Waals surface area contributed by atoms with Gasteiger partial charge in [0, 0.05) is 35.3 Å². The van der Waals surface area contributed by atoms with Crippen molar-refractivity contribution < 1.29 is 0 Å². The molecule has 2 heterocycles. The van der Waals surface area contributed by atoms with E-state index >= 15 is 0 Å². The van der Waals surface area contributed by atoms with E-state index in [-0.39, 0.29) is 0 Å². The van der Waals surface area contributed by atoms with Crippen LogP contribution < -0.4 is 0 Å². The van der Waals surface area contributed by atoms with Gasteiger partial charge in [-0.15, -0.1) is 0 Å². The number of pyridine rings is 1. The fourth-order valence-electron chi connectivity index (χ4n) is 1.75. The molecule has 1 aliphatic rings. The van der Waals surface area contributed by atoms with Gasteiger partial charge in [0.1, 0.15) is 0 Å². The van der Waals surface area contributed by atoms with Crippen molar-refractivity contribution in [3.63, 3.8) is 0 Å². The summed E-state index contributed by atoms with van der Waals surface area (Å²) < 4.78 is 0. The highest BCUT2D eigenvalue weighted by Gasteiger charge is 2.11. The maximum Gasteiger partial charge on any atom is 0.0451 e. The van der Waals surface area contributed by atoms with Gasteiger partial charge in [0.15, 0.2) is 0 Å². The number of hydrogen-bond donors (Lipinski definition) is 0. The molecule has 0 saturated heterocycles. The van der Waals surface area contributed by atoms with Gasteiger partial charge in [0.2, 0.25) is 0 Å². The van der Waals surface area contributed by atoms with Crippen LogP contribution in [0.4, 0.5) is 0 Å². The number of aliphatic imine (C=N–C) groups is 1. The first-order valence-corrected chi connectivity index (χ1v) is 4.84. The summed E-state index contributed by atoms with van der Waals surface area (Å²) in [5, 5.41) is 0. The highest BCUT2D eigenvalue weighted by atomic mass is 14.7. The fourth-order valence-corrected chi connectivity index (χ4v) is 1.75. The van der Waals surface area contributed by atoms with Crippen molar-refractivity contribution in [2.24, 2.45) is 4.99 Å². The zero-order valence-corrected chi connectivity index (χ0v) is 8.83. The SMILES string of the molecule is CC1=NC=C(c2ccc(C)nc2C)C1. The van der Waals surface area contributed by atoms with Crippen LogP contribution in [0.25, 0.3) is 5.57 Å². The second-order valence-corrected chi connectivity index (χ2v) is 3.78. The number of aromatic nitrogens is 1. The van der Waals surface area contributed by atoms with Crippen molar-refractivity contribution in [1.82, 2.24) is 4.98 Å². The van der Waals surface area contributed by atoms with Gasteiger partial charge in [-0.3, -0.25) is 9.98 Å². The van der Waals surface area contributed by atoms with Crippen LogP contribution in [0.2, 0.25) is 0 Å². The van der Waals surface area contributed by atoms with Crippen LogP contribution in [0.15, 0.2) is 23.3 Å². The number of aryl methyl sites for hydroxylation is 2. The van der Waals surface area contributed by atoms with E-state index in [1.165, 1.54) is 16.8 Å². The summed E-state index contributed by atoms with van der Waals surface area (Å²) >= 11 is 0. The lowest BCUT2D eigenvalue weighted by atomic mass is 10.0. The molecule has 0 N–H and O–H groups in total. The molecular weight excluding hydrogens is 172 g/mol. The first kappa shape index (κ1) is 9.13. The Balaban J connectivity index is 2.35. The summed E-state index contributed by atoms with van der Waals surface area (Å²) in [5.41, 5.74) is 5.87. The van der Waals surface area contributed by atoms with E-state index in [2.05, 4.69) is 36.0 Å². The quantitative estimate of drug-likeness (QED) is 0.662. The van der Waals surface area contributed by atoms with Crippen LogP contribution in [-0.4, -0.2) is 10.7 Å². The van der Waals surface area contributed by atoms with Crippen molar-refractivity contribution >= 4 is 11.3 Å². The van der Waals surface area contributed by atoms with E-state index in [1.807, 2.05) is 13.1 Å². The smallest absolute Gasteiger partial charge is 0.0451 e. The standard InChI is InChI=1S/C12H14N2/c1-8-4-5-12(10(3)14-8)11-6-9(2)13-7-11/h4-5,7H,6H2,1-3H3. The Labute approximate surface area is 84.4 Å². The Kier molecular flexibility index (Phi) is 2.20. The third kappa shape index (κ3) is 1.60. The van der Waals surface area contributed by atoms with E-state index in [1.54, 1.807) is 0 Å². The third-order valence-electron chi connectivity index (χ3n) is 2.46. The van der Waals surface area contributed by atoms with E-state index < -0.39 is 0 Å². The minimum atomic E-state index is 0.964. The highest BCUT2D eigenvalue weighted by Crippen LogP contribution is 2.25. The van der Waals surface area contributed by atoms with Gasteiger partial charge >= 0.3 is 0 Å². The first-order chi connectivity index (χ1) is 6.66. The molecule has 1 aromatic rings. The van der Waals surface area contributed by atoms with E-state index in [0.717, 1.165) is 17.8 Å². The van der Waals surface area contributed by atoms with Crippen LogP contribution >= 0.6 is 0 Å². The normalized spacial score (nSPS) is 15.4. The second kappa shape index (κ2) is 3.37. The van der Waals surface area contributed by atoms with E-state index in [0.29, 0.717) is 0 Å². The Morgan fingerprint density at radius 1 is 1.14 bits per heavy atom. The van der Waals surface area contributed by atoms with Gasteiger partial charge in [-0.1, -0.05) is 6.07 Å². The maximum absolute atomic E-state index is 4.45. The molecule has 14 heavy (non-hydrogen) atoms. The Bertz CT molecular complexity index is 428. The maximum atomic E-state index is 4.45. The number of rotatable bonds is 1. The molecule has 0 atom stereocenters. The summed E-state index contributed by atoms with van der Waals surface area (Å²) in [4.78, 5) is 8.74. The predicted octanol–water partition coefficient (Wildman–Crippen LogP) is 2.90. The number of nitrogens with zero attached hydrogens (tertiary/aromatic N) is 2. The van der Waals surface area contributed by atoms with Crippen LogP contribution in [0.5, 0.6) is 0 Å². The highest BCUT2D eigenvalue weighted by molar-refractivity contribution is 5.96. The van der Waals surface area contributed by atoms with Crippen molar-refractivity contribution in [2.75, 3.05) is 0 Å². The lowest BCUT2D eigenvalue weighted by Crippen LogP contribution is -1.95. The summed E-state index contributed by atoms with van der Waals surface area (Å²) in [6.07, 6.45) is 2.92. The summed E-state index contributed by atoms with van der Waals surface area (Å²) in [5.74, 6) is 0. The van der Waals surface area contributed by atoms with Crippen molar-refractivity contribution in [2.45, 2.75) is 27.2 Å². The molecule has 0 saturated carbocycles. The van der Waals surface area contributed by atoms with Gasteiger partial charge in [-0.25, -0.2) is 0 Å². The monoisotopic (exact) mass is 186 g/mol. The molecule has 0 unspecified atom stereocenters. The molecule has 0 aromatic carbocycles. The molecule has 72 valence electrons. The average Bonchev–Trinajstić information content (AvgIpc) is 2.51. The molecule has 2 heteroatoms. The van der Waals surface area contributed by atoms with Crippen molar-refractivity contribution in [3.8, 4) is 0 Å². The van der Waals surface area contributed by atoms with Crippen molar-refractivity contribution in [3.05, 3.63) is 35.3 Å². The van der Waals surface area contributed by atoms with Gasteiger partial charge < -0.3 is 0 Å². The van der Waals surface area contributed by atoms with Gasteiger partial charge in [-0.05, 0) is 32.4 Å². The van der Waals surface area contributed by atoms with Crippen molar-refractivity contribution in [1.29, 1.82) is 0 Å². The molecule has 0 aliphatic carbocycles. The van der Waals surface area contributed by atoms with E-state index in [4.69, 9.17) is 0 Å². The lowest BCUT2D eigenvalue weighted by Gasteiger charge is -2.06. The topological polar surface area (TPSA) is 25.2 Å². The average molecular weight is 186 g/mol. The van der Waals surface area contributed by atoms with E-state index in [9.17, 15) is 0 Å². The lowest BCUT2D eigenvalue weighted by molar-refractivity contribution is 1.11. The molecule has 1 aliphatic heterocycles. The molecule has 2 nitrogen and oxygen atoms in total. The molecule has 0 spiro atoms. The summed E-state index contributed by atoms with van der Waals surface area (Å²) in [6.45, 7) is 6.12.